The van der Waals surface area contributed by atoms with Crippen molar-refractivity contribution in [2.75, 3.05) is 18.0 Å². The number of aromatic nitrogens is 2. The molecule has 1 atom stereocenters. The number of rotatable bonds is 3. The molecular weight excluding hydrogens is 335 g/mol. The Morgan fingerprint density at radius 1 is 1.08 bits per heavy atom. The van der Waals surface area contributed by atoms with E-state index in [1.165, 1.54) is 18.2 Å². The average molecular weight is 349 g/mol. The molecule has 0 aliphatic carbocycles. The predicted molar refractivity (Wildman–Crippen MR) is 85.1 cm³/mol. The van der Waals surface area contributed by atoms with Crippen LogP contribution in [0.15, 0.2) is 41.0 Å². The van der Waals surface area contributed by atoms with Gasteiger partial charge in [0.05, 0.1) is 5.69 Å². The molecule has 1 saturated heterocycles. The van der Waals surface area contributed by atoms with Crippen molar-refractivity contribution < 1.29 is 22.9 Å². The molecule has 2 heterocycles. The molecule has 2 aromatic carbocycles. The Morgan fingerprint density at radius 2 is 1.88 bits per heavy atom. The lowest BCUT2D eigenvalue weighted by molar-refractivity contribution is -0.206. The first-order valence-electron chi connectivity index (χ1n) is 7.80. The Kier molecular flexibility index (Phi) is 3.64. The van der Waals surface area contributed by atoms with E-state index in [4.69, 9.17) is 4.63 Å². The number of hydrogen-bond donors (Lipinski definition) is 1. The van der Waals surface area contributed by atoms with Crippen LogP contribution in [0.3, 0.4) is 0 Å². The summed E-state index contributed by atoms with van der Waals surface area (Å²) in [5.41, 5.74) is 3.08. The van der Waals surface area contributed by atoms with Gasteiger partial charge in [0.25, 0.3) is 0 Å². The van der Waals surface area contributed by atoms with Gasteiger partial charge in [-0.1, -0.05) is 18.2 Å². The van der Waals surface area contributed by atoms with Crippen molar-refractivity contribution in [3.8, 4) is 11.1 Å². The fourth-order valence-electron chi connectivity index (χ4n) is 2.91. The van der Waals surface area contributed by atoms with Gasteiger partial charge in [0.2, 0.25) is 0 Å². The van der Waals surface area contributed by atoms with Gasteiger partial charge >= 0.3 is 6.18 Å². The van der Waals surface area contributed by atoms with E-state index in [9.17, 15) is 18.3 Å². The Bertz CT molecular complexity index is 919. The van der Waals surface area contributed by atoms with Gasteiger partial charge < -0.3 is 10.0 Å². The average Bonchev–Trinajstić information content (AvgIpc) is 3.00. The van der Waals surface area contributed by atoms with Crippen LogP contribution in [0.2, 0.25) is 0 Å². The Labute approximate surface area is 140 Å². The minimum atomic E-state index is -4.71. The highest BCUT2D eigenvalue weighted by Gasteiger charge is 2.39. The maximum Gasteiger partial charge on any atom is 0.418 e. The maximum atomic E-state index is 12.8. The lowest BCUT2D eigenvalue weighted by Gasteiger charge is -2.33. The van der Waals surface area contributed by atoms with Gasteiger partial charge in [-0.3, -0.25) is 0 Å². The van der Waals surface area contributed by atoms with Crippen LogP contribution in [0.1, 0.15) is 18.1 Å². The zero-order chi connectivity index (χ0) is 17.6. The molecule has 25 heavy (non-hydrogen) atoms. The number of alkyl halides is 3. The largest absolute Gasteiger partial charge is 0.418 e. The molecule has 1 N–H and O–H groups in total. The molecule has 1 aromatic heterocycles. The third-order valence-corrected chi connectivity index (χ3v) is 4.38. The Balaban J connectivity index is 1.79. The van der Waals surface area contributed by atoms with Crippen LogP contribution in [0.4, 0.5) is 18.9 Å². The van der Waals surface area contributed by atoms with E-state index in [1.54, 1.807) is 12.1 Å². The Hall–Kier alpha value is -2.61. The van der Waals surface area contributed by atoms with Crippen LogP contribution < -0.4 is 4.90 Å². The van der Waals surface area contributed by atoms with Crippen LogP contribution in [-0.2, 0) is 0 Å². The monoisotopic (exact) mass is 349 g/mol. The number of aliphatic hydroxyl groups is 1. The SMILES string of the molecule is OC(c1cccc(-c2cc(N3CCC3)c3nonc3c2)c1)C(F)(F)F. The highest BCUT2D eigenvalue weighted by Crippen LogP contribution is 2.37. The van der Waals surface area contributed by atoms with Crippen LogP contribution >= 0.6 is 0 Å². The minimum Gasteiger partial charge on any atom is -0.379 e. The van der Waals surface area contributed by atoms with Crippen molar-refractivity contribution in [2.24, 2.45) is 0 Å². The highest BCUT2D eigenvalue weighted by molar-refractivity contribution is 5.93. The fraction of sp³-hybridized carbons (Fsp3) is 0.294. The molecule has 3 aromatic rings. The van der Waals surface area contributed by atoms with Gasteiger partial charge in [-0.25, -0.2) is 4.63 Å². The lowest BCUT2D eigenvalue weighted by atomic mass is 9.98. The summed E-state index contributed by atoms with van der Waals surface area (Å²) < 4.78 is 43.1. The van der Waals surface area contributed by atoms with Crippen LogP contribution in [0.5, 0.6) is 0 Å². The molecule has 8 heteroatoms. The highest BCUT2D eigenvalue weighted by atomic mass is 19.4. The predicted octanol–water partition coefficient (Wildman–Crippen LogP) is 3.70. The summed E-state index contributed by atoms with van der Waals surface area (Å²) in [6, 6.07) is 9.37. The van der Waals surface area contributed by atoms with E-state index in [0.717, 1.165) is 25.2 Å². The van der Waals surface area contributed by atoms with Gasteiger partial charge in [0.15, 0.2) is 11.6 Å². The minimum absolute atomic E-state index is 0.200. The van der Waals surface area contributed by atoms with Crippen molar-refractivity contribution in [1.29, 1.82) is 0 Å². The first kappa shape index (κ1) is 15.9. The van der Waals surface area contributed by atoms with Gasteiger partial charge in [-0.05, 0) is 51.6 Å². The summed E-state index contributed by atoms with van der Waals surface area (Å²) in [5, 5.41) is 17.3. The molecule has 0 amide bonds. The van der Waals surface area contributed by atoms with E-state index < -0.39 is 12.3 Å². The van der Waals surface area contributed by atoms with Crippen molar-refractivity contribution in [3.63, 3.8) is 0 Å². The van der Waals surface area contributed by atoms with Gasteiger partial charge in [0.1, 0.15) is 5.52 Å². The second-order valence-corrected chi connectivity index (χ2v) is 6.04. The molecule has 5 nitrogen and oxygen atoms in total. The summed E-state index contributed by atoms with van der Waals surface area (Å²) in [7, 11) is 0. The van der Waals surface area contributed by atoms with E-state index in [0.29, 0.717) is 22.2 Å². The number of nitrogens with zero attached hydrogens (tertiary/aromatic N) is 3. The molecule has 1 fully saturated rings. The van der Waals surface area contributed by atoms with Crippen molar-refractivity contribution >= 4 is 16.7 Å². The molecule has 1 aliphatic heterocycles. The standard InChI is InChI=1S/C17H14F3N3O2/c18-17(19,20)16(24)11-4-1-3-10(7-11)12-8-13-15(22-25-21-13)14(9-12)23-5-2-6-23/h1,3-4,7-9,16,24H,2,5-6H2. The smallest absolute Gasteiger partial charge is 0.379 e. The lowest BCUT2D eigenvalue weighted by Crippen LogP contribution is -2.37. The fourth-order valence-corrected chi connectivity index (χ4v) is 2.91. The zero-order valence-electron chi connectivity index (χ0n) is 13.0. The third-order valence-electron chi connectivity index (χ3n) is 4.38. The molecule has 1 aliphatic rings. The number of fused-ring (bicyclic) bond motifs is 1. The first-order chi connectivity index (χ1) is 11.9. The van der Waals surface area contributed by atoms with E-state index in [-0.39, 0.29) is 5.56 Å². The van der Waals surface area contributed by atoms with Crippen LogP contribution in [0.25, 0.3) is 22.2 Å². The van der Waals surface area contributed by atoms with Gasteiger partial charge in [0, 0.05) is 13.1 Å². The quantitative estimate of drug-likeness (QED) is 0.781. The van der Waals surface area contributed by atoms with E-state index in [1.807, 2.05) is 6.07 Å². The first-order valence-corrected chi connectivity index (χ1v) is 7.80. The summed E-state index contributed by atoms with van der Waals surface area (Å²) in [4.78, 5) is 2.12. The second-order valence-electron chi connectivity index (χ2n) is 6.04. The number of benzene rings is 2. The summed E-state index contributed by atoms with van der Waals surface area (Å²) in [5.74, 6) is 0. The number of halogens is 3. The topological polar surface area (TPSA) is 62.4 Å². The molecule has 0 saturated carbocycles. The molecule has 0 radical (unpaired) electrons. The summed E-state index contributed by atoms with van der Waals surface area (Å²) >= 11 is 0. The van der Waals surface area contributed by atoms with Crippen LogP contribution in [0, 0.1) is 0 Å². The molecule has 130 valence electrons. The number of hydrogen-bond acceptors (Lipinski definition) is 5. The molecule has 0 spiro atoms. The van der Waals surface area contributed by atoms with Crippen molar-refractivity contribution in [2.45, 2.75) is 18.7 Å². The van der Waals surface area contributed by atoms with Gasteiger partial charge in [-0.2, -0.15) is 13.2 Å². The number of anilines is 1. The second kappa shape index (κ2) is 5.73. The molecule has 1 unspecified atom stereocenters. The van der Waals surface area contributed by atoms with Crippen LogP contribution in [-0.4, -0.2) is 34.7 Å². The normalized spacial score (nSPS) is 16.1. The molecular formula is C17H14F3N3O2. The molecule has 4 rings (SSSR count). The summed E-state index contributed by atoms with van der Waals surface area (Å²) in [6.07, 6.45) is -6.15. The third kappa shape index (κ3) is 2.82. The maximum absolute atomic E-state index is 12.8. The van der Waals surface area contributed by atoms with Gasteiger partial charge in [-0.15, -0.1) is 0 Å². The van der Waals surface area contributed by atoms with E-state index in [2.05, 4.69) is 15.2 Å². The van der Waals surface area contributed by atoms with E-state index >= 15 is 0 Å². The zero-order valence-corrected chi connectivity index (χ0v) is 13.0. The Morgan fingerprint density at radius 3 is 2.56 bits per heavy atom. The van der Waals surface area contributed by atoms with Crippen molar-refractivity contribution in [3.05, 3.63) is 42.0 Å². The number of aliphatic hydroxyl groups excluding tert-OH is 1. The molecule has 0 bridgehead atoms. The summed E-state index contributed by atoms with van der Waals surface area (Å²) in [6.45, 7) is 1.77. The van der Waals surface area contributed by atoms with Crippen molar-refractivity contribution in [1.82, 2.24) is 10.3 Å².